The van der Waals surface area contributed by atoms with Crippen molar-refractivity contribution in [3.63, 3.8) is 0 Å². The number of furan rings is 1. The Labute approximate surface area is 155 Å². The normalized spacial score (nSPS) is 30.7. The third kappa shape index (κ3) is 2.52. The number of aromatic nitrogens is 1. The van der Waals surface area contributed by atoms with Gasteiger partial charge in [-0.25, -0.2) is 0 Å². The first-order chi connectivity index (χ1) is 12.3. The maximum absolute atomic E-state index is 13.6. The number of likely N-dealkylation sites (tertiary alicyclic amines) is 1. The highest BCUT2D eigenvalue weighted by molar-refractivity contribution is 5.98. The van der Waals surface area contributed by atoms with Crippen LogP contribution in [-0.4, -0.2) is 28.0 Å². The first-order valence-electron chi connectivity index (χ1n) is 10.2. The zero-order chi connectivity index (χ0) is 18.1. The molecule has 1 saturated heterocycles. The van der Waals surface area contributed by atoms with Crippen LogP contribution in [0.2, 0.25) is 0 Å². The number of amides is 1. The second-order valence-corrected chi connectivity index (χ2v) is 10.3. The summed E-state index contributed by atoms with van der Waals surface area (Å²) in [5, 5.41) is 0. The molecule has 140 valence electrons. The molecular formula is C22H30N2O2. The fourth-order valence-corrected chi connectivity index (χ4v) is 6.13. The van der Waals surface area contributed by atoms with Gasteiger partial charge in [0.2, 0.25) is 0 Å². The molecule has 2 saturated carbocycles. The second kappa shape index (κ2) is 5.40. The number of carbonyl (C=O) groups is 1. The number of fused-ring (bicyclic) bond motifs is 3. The van der Waals surface area contributed by atoms with E-state index in [1.165, 1.54) is 25.7 Å². The third-order valence-electron chi connectivity index (χ3n) is 7.08. The van der Waals surface area contributed by atoms with E-state index < -0.39 is 0 Å². The Kier molecular flexibility index (Phi) is 3.42. The summed E-state index contributed by atoms with van der Waals surface area (Å²) in [6.45, 7) is 8.93. The van der Waals surface area contributed by atoms with E-state index in [4.69, 9.17) is 4.42 Å². The molecular weight excluding hydrogens is 324 g/mol. The van der Waals surface area contributed by atoms with E-state index in [0.717, 1.165) is 42.7 Å². The topological polar surface area (TPSA) is 38.4 Å². The van der Waals surface area contributed by atoms with Crippen molar-refractivity contribution in [3.05, 3.63) is 24.1 Å². The van der Waals surface area contributed by atoms with Gasteiger partial charge in [0.1, 0.15) is 5.69 Å². The van der Waals surface area contributed by atoms with E-state index in [2.05, 4.69) is 30.2 Å². The first-order valence-corrected chi connectivity index (χ1v) is 10.2. The number of hydrogen-bond acceptors (Lipinski definition) is 2. The molecule has 5 rings (SSSR count). The highest BCUT2D eigenvalue weighted by Gasteiger charge is 2.51. The van der Waals surface area contributed by atoms with Gasteiger partial charge in [-0.2, -0.15) is 0 Å². The molecule has 26 heavy (non-hydrogen) atoms. The van der Waals surface area contributed by atoms with Crippen LogP contribution in [0.4, 0.5) is 0 Å². The molecule has 2 aromatic rings. The van der Waals surface area contributed by atoms with Crippen LogP contribution in [-0.2, 0) is 6.54 Å². The van der Waals surface area contributed by atoms with Crippen molar-refractivity contribution in [1.82, 2.24) is 9.47 Å². The third-order valence-corrected chi connectivity index (χ3v) is 7.08. The van der Waals surface area contributed by atoms with Crippen LogP contribution in [0.3, 0.4) is 0 Å². The maximum Gasteiger partial charge on any atom is 0.270 e. The second-order valence-electron chi connectivity index (χ2n) is 10.3. The minimum absolute atomic E-state index is 0.210. The molecule has 3 heterocycles. The standard InChI is InChI=1S/C22H30N2O2/c1-21(2)10-16-11-22(3,13-21)14-24(16)20(25)18-9-19-17(7-8-26-19)23(18)12-15-5-4-6-15/h7-9,15-16H,4-6,10-14H2,1-3H3/t16-,22-/m0/s1. The predicted octanol–water partition coefficient (Wildman–Crippen LogP) is 5.08. The average Bonchev–Trinajstić information content (AvgIpc) is 3.13. The van der Waals surface area contributed by atoms with Gasteiger partial charge in [0, 0.05) is 31.3 Å². The van der Waals surface area contributed by atoms with Crippen LogP contribution in [0.5, 0.6) is 0 Å². The lowest BCUT2D eigenvalue weighted by atomic mass is 9.65. The van der Waals surface area contributed by atoms with Gasteiger partial charge in [0.25, 0.3) is 5.91 Å². The lowest BCUT2D eigenvalue weighted by Gasteiger charge is -2.39. The summed E-state index contributed by atoms with van der Waals surface area (Å²) in [5.74, 6) is 0.920. The Bertz CT molecular complexity index is 857. The van der Waals surface area contributed by atoms with Crippen molar-refractivity contribution in [1.29, 1.82) is 0 Å². The van der Waals surface area contributed by atoms with E-state index in [1.54, 1.807) is 6.26 Å². The Morgan fingerprint density at radius 3 is 2.81 bits per heavy atom. The number of carbonyl (C=O) groups excluding carboxylic acids is 1. The zero-order valence-electron chi connectivity index (χ0n) is 16.3. The van der Waals surface area contributed by atoms with E-state index in [-0.39, 0.29) is 11.3 Å². The zero-order valence-corrected chi connectivity index (χ0v) is 16.3. The van der Waals surface area contributed by atoms with Crippen molar-refractivity contribution >= 4 is 17.0 Å². The molecule has 0 spiro atoms. The fourth-order valence-electron chi connectivity index (χ4n) is 6.13. The largest absolute Gasteiger partial charge is 0.463 e. The summed E-state index contributed by atoms with van der Waals surface area (Å²) in [6, 6.07) is 4.37. The van der Waals surface area contributed by atoms with Gasteiger partial charge < -0.3 is 13.9 Å². The minimum Gasteiger partial charge on any atom is -0.463 e. The Hall–Kier alpha value is -1.71. The van der Waals surface area contributed by atoms with Crippen molar-refractivity contribution in [3.8, 4) is 0 Å². The van der Waals surface area contributed by atoms with Crippen molar-refractivity contribution < 1.29 is 9.21 Å². The average molecular weight is 354 g/mol. The van der Waals surface area contributed by atoms with Gasteiger partial charge in [-0.1, -0.05) is 27.2 Å². The highest BCUT2D eigenvalue weighted by atomic mass is 16.3. The number of hydrogen-bond donors (Lipinski definition) is 0. The van der Waals surface area contributed by atoms with Crippen molar-refractivity contribution in [2.75, 3.05) is 6.54 Å². The van der Waals surface area contributed by atoms with E-state index in [1.807, 2.05) is 12.1 Å². The van der Waals surface area contributed by atoms with Crippen LogP contribution in [0.15, 0.2) is 22.8 Å². The van der Waals surface area contributed by atoms with Gasteiger partial charge >= 0.3 is 0 Å². The van der Waals surface area contributed by atoms with Crippen LogP contribution in [0.25, 0.3) is 11.1 Å². The highest BCUT2D eigenvalue weighted by Crippen LogP contribution is 2.52. The Balaban J connectivity index is 1.49. The molecule has 2 atom stereocenters. The van der Waals surface area contributed by atoms with Crippen LogP contribution in [0.1, 0.15) is 69.8 Å². The molecule has 2 aliphatic carbocycles. The van der Waals surface area contributed by atoms with Crippen LogP contribution in [0, 0.1) is 16.7 Å². The van der Waals surface area contributed by atoms with Gasteiger partial charge in [0.15, 0.2) is 5.58 Å². The smallest absolute Gasteiger partial charge is 0.270 e. The molecule has 0 radical (unpaired) electrons. The minimum atomic E-state index is 0.210. The Morgan fingerprint density at radius 1 is 1.27 bits per heavy atom. The van der Waals surface area contributed by atoms with E-state index >= 15 is 0 Å². The van der Waals surface area contributed by atoms with Gasteiger partial charge in [-0.3, -0.25) is 4.79 Å². The van der Waals surface area contributed by atoms with Gasteiger partial charge in [0.05, 0.1) is 11.8 Å². The molecule has 1 aliphatic heterocycles. The van der Waals surface area contributed by atoms with Crippen LogP contribution >= 0.6 is 0 Å². The molecule has 0 aromatic carbocycles. The SMILES string of the molecule is CC1(C)C[C@H]2C[C@](C)(CN2C(=O)c2cc3occc3n2CC2CCC2)C1. The monoisotopic (exact) mass is 354 g/mol. The summed E-state index contributed by atoms with van der Waals surface area (Å²) in [6.07, 6.45) is 9.11. The van der Waals surface area contributed by atoms with Crippen molar-refractivity contribution in [2.45, 2.75) is 71.9 Å². The molecule has 0 unspecified atom stereocenters. The molecule has 2 bridgehead atoms. The summed E-state index contributed by atoms with van der Waals surface area (Å²) >= 11 is 0. The summed E-state index contributed by atoms with van der Waals surface area (Å²) < 4.78 is 7.87. The fraction of sp³-hybridized carbons (Fsp3) is 0.682. The summed E-state index contributed by atoms with van der Waals surface area (Å²) in [4.78, 5) is 15.8. The molecule has 3 aliphatic rings. The van der Waals surface area contributed by atoms with Crippen LogP contribution < -0.4 is 0 Å². The predicted molar refractivity (Wildman–Crippen MR) is 102 cm³/mol. The molecule has 3 fully saturated rings. The van der Waals surface area contributed by atoms with Gasteiger partial charge in [-0.05, 0) is 48.9 Å². The molecule has 0 N–H and O–H groups in total. The maximum atomic E-state index is 13.6. The number of rotatable bonds is 3. The van der Waals surface area contributed by atoms with E-state index in [0.29, 0.717) is 17.4 Å². The first kappa shape index (κ1) is 16.5. The molecule has 4 nitrogen and oxygen atoms in total. The van der Waals surface area contributed by atoms with Gasteiger partial charge in [-0.15, -0.1) is 0 Å². The Morgan fingerprint density at radius 2 is 2.08 bits per heavy atom. The lowest BCUT2D eigenvalue weighted by molar-refractivity contribution is 0.0695. The van der Waals surface area contributed by atoms with Crippen molar-refractivity contribution in [2.24, 2.45) is 16.7 Å². The van der Waals surface area contributed by atoms with E-state index in [9.17, 15) is 4.79 Å². The molecule has 2 aromatic heterocycles. The quantitative estimate of drug-likeness (QED) is 0.771. The summed E-state index contributed by atoms with van der Waals surface area (Å²) in [5.41, 5.74) is 3.36. The molecule has 4 heteroatoms. The summed E-state index contributed by atoms with van der Waals surface area (Å²) in [7, 11) is 0. The molecule has 1 amide bonds. The lowest BCUT2D eigenvalue weighted by Crippen LogP contribution is -2.38. The number of nitrogens with zero attached hydrogens (tertiary/aromatic N) is 2.